The maximum absolute atomic E-state index is 13.4. The van der Waals surface area contributed by atoms with E-state index in [-0.39, 0.29) is 11.9 Å². The van der Waals surface area contributed by atoms with E-state index in [9.17, 15) is 9.59 Å². The van der Waals surface area contributed by atoms with Crippen LogP contribution < -0.4 is 9.64 Å². The highest BCUT2D eigenvalue weighted by atomic mass is 32.1. The molecule has 156 valence electrons. The highest BCUT2D eigenvalue weighted by molar-refractivity contribution is 7.13. The Balaban J connectivity index is 1.96. The van der Waals surface area contributed by atoms with Crippen molar-refractivity contribution in [2.24, 2.45) is 0 Å². The molecule has 0 bridgehead atoms. The zero-order valence-electron chi connectivity index (χ0n) is 17.6. The van der Waals surface area contributed by atoms with E-state index >= 15 is 0 Å². The molecule has 0 spiro atoms. The predicted octanol–water partition coefficient (Wildman–Crippen LogP) is 4.97. The summed E-state index contributed by atoms with van der Waals surface area (Å²) in [6.07, 6.45) is 0. The van der Waals surface area contributed by atoms with Gasteiger partial charge in [0.2, 0.25) is 0 Å². The third kappa shape index (κ3) is 4.21. The van der Waals surface area contributed by atoms with Gasteiger partial charge in [-0.15, -0.1) is 11.3 Å². The Bertz CT molecular complexity index is 1070. The molecule has 3 rings (SSSR count). The van der Waals surface area contributed by atoms with Crippen LogP contribution in [-0.4, -0.2) is 37.1 Å². The number of thiazole rings is 1. The van der Waals surface area contributed by atoms with Crippen molar-refractivity contribution in [3.63, 3.8) is 0 Å². The molecule has 0 fully saturated rings. The number of carbonyl (C=O) groups excluding carboxylic acids is 2. The number of nitrogens with zero attached hydrogens (tertiary/aromatic N) is 2. The maximum Gasteiger partial charge on any atom is 0.337 e. The minimum atomic E-state index is -0.409. The summed E-state index contributed by atoms with van der Waals surface area (Å²) in [5.74, 6) is 0.102. The van der Waals surface area contributed by atoms with Crippen molar-refractivity contribution in [1.82, 2.24) is 4.98 Å². The summed E-state index contributed by atoms with van der Waals surface area (Å²) in [6, 6.07) is 12.6. The Hall–Kier alpha value is -3.19. The second-order valence-corrected chi connectivity index (χ2v) is 7.86. The normalized spacial score (nSPS) is 10.7. The van der Waals surface area contributed by atoms with Crippen LogP contribution in [0.1, 0.15) is 40.3 Å². The molecule has 0 radical (unpaired) electrons. The number of hydrogen-bond donors (Lipinski definition) is 0. The molecule has 0 aliphatic carbocycles. The number of benzene rings is 2. The average molecular weight is 425 g/mol. The summed E-state index contributed by atoms with van der Waals surface area (Å²) in [5.41, 5.74) is 3.20. The van der Waals surface area contributed by atoms with Crippen LogP contribution in [0.15, 0.2) is 47.8 Å². The van der Waals surface area contributed by atoms with E-state index < -0.39 is 5.97 Å². The van der Waals surface area contributed by atoms with Crippen molar-refractivity contribution in [2.75, 3.05) is 19.1 Å². The number of ether oxygens (including phenoxy) is 2. The molecule has 0 unspecified atom stereocenters. The van der Waals surface area contributed by atoms with Gasteiger partial charge in [0, 0.05) is 17.1 Å². The minimum Gasteiger partial charge on any atom is -0.496 e. The molecular weight excluding hydrogens is 400 g/mol. The second kappa shape index (κ2) is 9.09. The van der Waals surface area contributed by atoms with Gasteiger partial charge in [0.25, 0.3) is 5.91 Å². The molecule has 0 N–H and O–H groups in total. The number of hydrogen-bond acceptors (Lipinski definition) is 6. The smallest absolute Gasteiger partial charge is 0.337 e. The number of aryl methyl sites for hydroxylation is 1. The molecule has 0 saturated heterocycles. The van der Waals surface area contributed by atoms with Crippen LogP contribution in [0.2, 0.25) is 0 Å². The van der Waals surface area contributed by atoms with Gasteiger partial charge < -0.3 is 14.4 Å². The van der Waals surface area contributed by atoms with E-state index in [1.54, 1.807) is 35.6 Å². The lowest BCUT2D eigenvalue weighted by Crippen LogP contribution is -2.37. The highest BCUT2D eigenvalue weighted by Gasteiger charge is 2.25. The monoisotopic (exact) mass is 424 g/mol. The number of amides is 1. The SMILES string of the molecule is COC(=O)c1ccc(N(C(=O)c2csc(-c3ccccc3OC)n2)C(C)C)c(C)c1. The van der Waals surface area contributed by atoms with Crippen molar-refractivity contribution in [3.8, 4) is 16.3 Å². The standard InChI is InChI=1S/C23H24N2O4S/c1-14(2)25(19-11-10-16(12-15(19)3)23(27)29-5)22(26)18-13-30-21(24-18)17-8-6-7-9-20(17)28-4/h6-14H,1-5H3. The van der Waals surface area contributed by atoms with Crippen molar-refractivity contribution >= 4 is 28.9 Å². The molecule has 0 aliphatic rings. The van der Waals surface area contributed by atoms with Crippen molar-refractivity contribution in [2.45, 2.75) is 26.8 Å². The third-order valence-corrected chi connectivity index (χ3v) is 5.55. The lowest BCUT2D eigenvalue weighted by molar-refractivity contribution is 0.0600. The lowest BCUT2D eigenvalue weighted by atomic mass is 10.1. The van der Waals surface area contributed by atoms with Crippen molar-refractivity contribution < 1.29 is 19.1 Å². The summed E-state index contributed by atoms with van der Waals surface area (Å²) in [4.78, 5) is 31.4. The van der Waals surface area contributed by atoms with Crippen molar-refractivity contribution in [1.29, 1.82) is 0 Å². The van der Waals surface area contributed by atoms with Crippen LogP contribution >= 0.6 is 11.3 Å². The van der Waals surface area contributed by atoms with E-state index in [2.05, 4.69) is 4.98 Å². The summed E-state index contributed by atoms with van der Waals surface area (Å²) in [6.45, 7) is 5.75. The molecule has 1 amide bonds. The first-order valence-corrected chi connectivity index (χ1v) is 10.4. The van der Waals surface area contributed by atoms with E-state index in [0.717, 1.165) is 21.8 Å². The first-order chi connectivity index (χ1) is 14.4. The fourth-order valence-corrected chi connectivity index (χ4v) is 4.06. The quantitative estimate of drug-likeness (QED) is 0.523. The molecule has 1 heterocycles. The Morgan fingerprint density at radius 2 is 1.83 bits per heavy atom. The molecule has 0 saturated carbocycles. The summed E-state index contributed by atoms with van der Waals surface area (Å²) < 4.78 is 10.2. The zero-order chi connectivity index (χ0) is 21.8. The number of carbonyl (C=O) groups is 2. The van der Waals surface area contributed by atoms with Gasteiger partial charge in [0.15, 0.2) is 0 Å². The Morgan fingerprint density at radius 1 is 1.10 bits per heavy atom. The largest absolute Gasteiger partial charge is 0.496 e. The van der Waals surface area contributed by atoms with Crippen LogP contribution in [-0.2, 0) is 4.74 Å². The van der Waals surface area contributed by atoms with Crippen LogP contribution in [0.5, 0.6) is 5.75 Å². The summed E-state index contributed by atoms with van der Waals surface area (Å²) >= 11 is 1.40. The highest BCUT2D eigenvalue weighted by Crippen LogP contribution is 2.33. The van der Waals surface area contributed by atoms with Gasteiger partial charge in [-0.2, -0.15) is 0 Å². The fourth-order valence-electron chi connectivity index (χ4n) is 3.23. The Morgan fingerprint density at radius 3 is 2.47 bits per heavy atom. The van der Waals surface area contributed by atoms with Gasteiger partial charge in [-0.3, -0.25) is 4.79 Å². The van der Waals surface area contributed by atoms with Gasteiger partial charge in [0.05, 0.1) is 25.3 Å². The fraction of sp³-hybridized carbons (Fsp3) is 0.261. The molecular formula is C23H24N2O4S. The first-order valence-electron chi connectivity index (χ1n) is 9.48. The van der Waals surface area contributed by atoms with Gasteiger partial charge >= 0.3 is 5.97 Å². The Labute approximate surface area is 180 Å². The van der Waals surface area contributed by atoms with Crippen LogP contribution in [0.4, 0.5) is 5.69 Å². The molecule has 6 nitrogen and oxygen atoms in total. The van der Waals surface area contributed by atoms with Crippen LogP contribution in [0, 0.1) is 6.92 Å². The van der Waals surface area contributed by atoms with E-state index in [1.165, 1.54) is 18.4 Å². The molecule has 0 atom stereocenters. The summed E-state index contributed by atoms with van der Waals surface area (Å²) in [5, 5.41) is 2.48. The topological polar surface area (TPSA) is 68.7 Å². The van der Waals surface area contributed by atoms with Gasteiger partial charge in [-0.05, 0) is 56.7 Å². The lowest BCUT2D eigenvalue weighted by Gasteiger charge is -2.28. The molecule has 0 aliphatic heterocycles. The number of methoxy groups -OCH3 is 2. The van der Waals surface area contributed by atoms with E-state index in [4.69, 9.17) is 9.47 Å². The average Bonchev–Trinajstić information content (AvgIpc) is 3.24. The Kier molecular flexibility index (Phi) is 6.52. The maximum atomic E-state index is 13.4. The van der Waals surface area contributed by atoms with Crippen molar-refractivity contribution in [3.05, 3.63) is 64.7 Å². The molecule has 30 heavy (non-hydrogen) atoms. The summed E-state index contributed by atoms with van der Waals surface area (Å²) in [7, 11) is 2.96. The molecule has 2 aromatic carbocycles. The zero-order valence-corrected chi connectivity index (χ0v) is 18.4. The number of anilines is 1. The van der Waals surface area contributed by atoms with Gasteiger partial charge in [-0.1, -0.05) is 12.1 Å². The molecule has 7 heteroatoms. The van der Waals surface area contributed by atoms with E-state index in [1.807, 2.05) is 45.0 Å². The van der Waals surface area contributed by atoms with Gasteiger partial charge in [-0.25, -0.2) is 9.78 Å². The molecule has 1 aromatic heterocycles. The number of aromatic nitrogens is 1. The number of para-hydroxylation sites is 1. The number of rotatable bonds is 6. The van der Waals surface area contributed by atoms with Gasteiger partial charge in [0.1, 0.15) is 16.5 Å². The second-order valence-electron chi connectivity index (χ2n) is 7.00. The van der Waals surface area contributed by atoms with Crippen LogP contribution in [0.3, 0.4) is 0 Å². The third-order valence-electron chi connectivity index (χ3n) is 4.67. The molecule has 3 aromatic rings. The minimum absolute atomic E-state index is 0.100. The predicted molar refractivity (Wildman–Crippen MR) is 119 cm³/mol. The number of esters is 1. The van der Waals surface area contributed by atoms with Crippen LogP contribution in [0.25, 0.3) is 10.6 Å². The first kappa shape index (κ1) is 21.5. The van der Waals surface area contributed by atoms with E-state index in [0.29, 0.717) is 17.0 Å².